The number of alkyl halides is 3. The van der Waals surface area contributed by atoms with Crippen LogP contribution in [0.15, 0.2) is 47.4 Å². The number of nitrogens with one attached hydrogen (secondary N) is 1. The third-order valence-electron chi connectivity index (χ3n) is 5.24. The number of benzene rings is 2. The van der Waals surface area contributed by atoms with Crippen molar-refractivity contribution in [1.82, 2.24) is 0 Å². The van der Waals surface area contributed by atoms with E-state index in [1.54, 1.807) is 12.1 Å². The largest absolute Gasteiger partial charge is 0.421 e. The number of carbonyl (C=O) groups excluding carboxylic acids is 1. The van der Waals surface area contributed by atoms with Crippen LogP contribution >= 0.6 is 0 Å². The van der Waals surface area contributed by atoms with E-state index in [1.165, 1.54) is 18.2 Å². The molecule has 0 radical (unpaired) electrons. The summed E-state index contributed by atoms with van der Waals surface area (Å²) in [5.41, 5.74) is 2.78. The minimum absolute atomic E-state index is 0.0790. The van der Waals surface area contributed by atoms with Crippen LogP contribution in [0, 0.1) is 5.92 Å². The van der Waals surface area contributed by atoms with Crippen LogP contribution < -0.4 is 11.1 Å². The molecule has 31 heavy (non-hydrogen) atoms. The van der Waals surface area contributed by atoms with E-state index in [9.17, 15) is 31.5 Å². The first kappa shape index (κ1) is 23.1. The summed E-state index contributed by atoms with van der Waals surface area (Å²) < 4.78 is 63.5. The number of carbonyl (C=O) groups is 1. The zero-order chi connectivity index (χ0) is 23.0. The zero-order valence-electron chi connectivity index (χ0n) is 16.7. The van der Waals surface area contributed by atoms with Crippen molar-refractivity contribution in [3.8, 4) is 0 Å². The Hall–Kier alpha value is -2.59. The fourth-order valence-corrected chi connectivity index (χ4v) is 4.73. The van der Waals surface area contributed by atoms with E-state index in [0.29, 0.717) is 12.5 Å². The summed E-state index contributed by atoms with van der Waals surface area (Å²) >= 11 is 0. The number of amides is 1. The van der Waals surface area contributed by atoms with Crippen molar-refractivity contribution in [1.29, 1.82) is 0 Å². The molecule has 0 spiro atoms. The van der Waals surface area contributed by atoms with Gasteiger partial charge in [0.2, 0.25) is 5.91 Å². The van der Waals surface area contributed by atoms with Crippen LogP contribution in [-0.4, -0.2) is 31.4 Å². The second kappa shape index (κ2) is 8.16. The first-order valence-electron chi connectivity index (χ1n) is 9.60. The lowest BCUT2D eigenvalue weighted by molar-refractivity contribution is -0.258. The molecule has 2 aromatic rings. The molecule has 1 saturated carbocycles. The van der Waals surface area contributed by atoms with Crippen LogP contribution in [0.4, 0.5) is 24.5 Å². The smallest absolute Gasteiger partial charge is 0.397 e. The average molecular weight is 456 g/mol. The average Bonchev–Trinajstić information content (AvgIpc) is 3.46. The van der Waals surface area contributed by atoms with Crippen LogP contribution in [0.3, 0.4) is 0 Å². The van der Waals surface area contributed by atoms with E-state index < -0.39 is 33.1 Å². The maximum atomic E-state index is 13.0. The second-order valence-electron chi connectivity index (χ2n) is 7.97. The number of hydrogen-bond acceptors (Lipinski definition) is 5. The molecule has 0 heterocycles. The van der Waals surface area contributed by atoms with Crippen LogP contribution in [0.1, 0.15) is 30.9 Å². The second-order valence-corrected chi connectivity index (χ2v) is 10.00. The molecule has 1 amide bonds. The van der Waals surface area contributed by atoms with Gasteiger partial charge in [0, 0.05) is 0 Å². The van der Waals surface area contributed by atoms with Crippen LogP contribution in [0.2, 0.25) is 0 Å². The van der Waals surface area contributed by atoms with Gasteiger partial charge in [-0.05, 0) is 61.1 Å². The van der Waals surface area contributed by atoms with Gasteiger partial charge in [0.25, 0.3) is 0 Å². The molecular formula is C21H23F3N2O4S. The van der Waals surface area contributed by atoms with Crippen molar-refractivity contribution < 1.29 is 31.5 Å². The maximum Gasteiger partial charge on any atom is 0.421 e. The number of rotatable bonds is 7. The highest BCUT2D eigenvalue weighted by Gasteiger charge is 2.51. The van der Waals surface area contributed by atoms with E-state index in [1.807, 2.05) is 0 Å². The maximum absolute atomic E-state index is 13.0. The summed E-state index contributed by atoms with van der Waals surface area (Å²) in [7, 11) is -3.34. The Morgan fingerprint density at radius 3 is 2.29 bits per heavy atom. The van der Waals surface area contributed by atoms with Crippen molar-refractivity contribution in [2.45, 2.75) is 42.9 Å². The SMILES string of the molecule is CC(O)(c1ccc(NC(=O)Cc2ccc(S(=O)(=O)CC3CC3)cc2)c(N)c1)C(F)(F)F. The molecule has 1 aliphatic carbocycles. The number of halogens is 3. The molecule has 1 aliphatic rings. The van der Waals surface area contributed by atoms with Crippen LogP contribution in [0.25, 0.3) is 0 Å². The molecule has 0 saturated heterocycles. The van der Waals surface area contributed by atoms with Gasteiger partial charge in [-0.1, -0.05) is 18.2 Å². The molecule has 1 atom stereocenters. The van der Waals surface area contributed by atoms with Gasteiger partial charge >= 0.3 is 6.18 Å². The van der Waals surface area contributed by atoms with Crippen molar-refractivity contribution in [3.63, 3.8) is 0 Å². The molecule has 10 heteroatoms. The van der Waals surface area contributed by atoms with Crippen molar-refractivity contribution in [2.24, 2.45) is 5.92 Å². The van der Waals surface area contributed by atoms with Crippen molar-refractivity contribution >= 4 is 27.1 Å². The summed E-state index contributed by atoms with van der Waals surface area (Å²) in [5, 5.41) is 12.2. The van der Waals surface area contributed by atoms with E-state index in [-0.39, 0.29) is 34.4 Å². The first-order chi connectivity index (χ1) is 14.3. The standard InChI is InChI=1S/C21H23F3N2O4S/c1-20(28,21(22,23)24)15-6-9-18(17(25)11-15)26-19(27)10-13-4-7-16(8-5-13)31(29,30)12-14-2-3-14/h4-9,11,14,28H,2-3,10,12,25H2,1H3,(H,26,27). The molecule has 1 unspecified atom stereocenters. The summed E-state index contributed by atoms with van der Waals surface area (Å²) in [6.07, 6.45) is -3.11. The fourth-order valence-electron chi connectivity index (χ4n) is 3.03. The lowest BCUT2D eigenvalue weighted by Crippen LogP contribution is -2.39. The third kappa shape index (κ3) is 5.37. The predicted octanol–water partition coefficient (Wildman–Crippen LogP) is 3.40. The van der Waals surface area contributed by atoms with Gasteiger partial charge in [0.05, 0.1) is 28.4 Å². The molecule has 2 aromatic carbocycles. The monoisotopic (exact) mass is 456 g/mol. The van der Waals surface area contributed by atoms with Crippen molar-refractivity contribution in [2.75, 3.05) is 16.8 Å². The van der Waals surface area contributed by atoms with Crippen LogP contribution in [-0.2, 0) is 26.7 Å². The van der Waals surface area contributed by atoms with Gasteiger partial charge in [-0.15, -0.1) is 0 Å². The molecule has 3 rings (SSSR count). The Morgan fingerprint density at radius 1 is 1.16 bits per heavy atom. The minimum atomic E-state index is -4.89. The lowest BCUT2D eigenvalue weighted by Gasteiger charge is -2.27. The van der Waals surface area contributed by atoms with Gasteiger partial charge in [-0.25, -0.2) is 8.42 Å². The van der Waals surface area contributed by atoms with Gasteiger partial charge < -0.3 is 16.2 Å². The molecule has 6 nitrogen and oxygen atoms in total. The Kier molecular flexibility index (Phi) is 6.07. The number of anilines is 2. The van der Waals surface area contributed by atoms with Crippen molar-refractivity contribution in [3.05, 3.63) is 53.6 Å². The topological polar surface area (TPSA) is 109 Å². The molecular weight excluding hydrogens is 433 g/mol. The highest BCUT2D eigenvalue weighted by molar-refractivity contribution is 7.91. The molecule has 0 bridgehead atoms. The first-order valence-corrected chi connectivity index (χ1v) is 11.3. The minimum Gasteiger partial charge on any atom is -0.397 e. The summed E-state index contributed by atoms with van der Waals surface area (Å²) in [6, 6.07) is 9.21. The predicted molar refractivity (Wildman–Crippen MR) is 110 cm³/mol. The van der Waals surface area contributed by atoms with E-state index >= 15 is 0 Å². The number of aliphatic hydroxyl groups is 1. The molecule has 1 fully saturated rings. The van der Waals surface area contributed by atoms with Gasteiger partial charge in [-0.2, -0.15) is 13.2 Å². The number of hydrogen-bond donors (Lipinski definition) is 3. The molecule has 4 N–H and O–H groups in total. The lowest BCUT2D eigenvalue weighted by atomic mass is 9.94. The summed E-state index contributed by atoms with van der Waals surface area (Å²) in [5.74, 6) is -0.119. The summed E-state index contributed by atoms with van der Waals surface area (Å²) in [6.45, 7) is 0.620. The Labute approximate surface area is 178 Å². The van der Waals surface area contributed by atoms with Gasteiger partial charge in [0.1, 0.15) is 0 Å². The van der Waals surface area contributed by atoms with Gasteiger partial charge in [0.15, 0.2) is 15.4 Å². The van der Waals surface area contributed by atoms with E-state index in [4.69, 9.17) is 5.73 Å². The number of sulfone groups is 1. The highest BCUT2D eigenvalue weighted by atomic mass is 32.2. The summed E-state index contributed by atoms with van der Waals surface area (Å²) in [4.78, 5) is 12.5. The normalized spacial score (nSPS) is 16.5. The van der Waals surface area contributed by atoms with Gasteiger partial charge in [-0.3, -0.25) is 4.79 Å². The Morgan fingerprint density at radius 2 is 1.77 bits per heavy atom. The number of nitrogen functional groups attached to an aromatic ring is 1. The molecule has 0 aliphatic heterocycles. The van der Waals surface area contributed by atoms with E-state index in [0.717, 1.165) is 25.0 Å². The fraction of sp³-hybridized carbons (Fsp3) is 0.381. The molecule has 168 valence electrons. The number of nitrogens with two attached hydrogens (primary N) is 1. The highest BCUT2D eigenvalue weighted by Crippen LogP contribution is 2.40. The molecule has 0 aromatic heterocycles. The zero-order valence-corrected chi connectivity index (χ0v) is 17.6. The Balaban J connectivity index is 1.65. The van der Waals surface area contributed by atoms with E-state index in [2.05, 4.69) is 5.32 Å². The van der Waals surface area contributed by atoms with Crippen LogP contribution in [0.5, 0.6) is 0 Å². The quantitative estimate of drug-likeness (QED) is 0.553. The third-order valence-corrected chi connectivity index (χ3v) is 7.14. The Bertz CT molecular complexity index is 1080.